The molecule has 0 fully saturated rings. The van der Waals surface area contributed by atoms with Gasteiger partial charge in [-0.1, -0.05) is 0 Å². The van der Waals surface area contributed by atoms with E-state index in [2.05, 4.69) is 4.98 Å². The summed E-state index contributed by atoms with van der Waals surface area (Å²) < 4.78 is 12.5. The third kappa shape index (κ3) is 2.91. The number of aromatic amines is 1. The van der Waals surface area contributed by atoms with E-state index in [4.69, 9.17) is 21.7 Å². The van der Waals surface area contributed by atoms with Crippen LogP contribution in [0.4, 0.5) is 0 Å². The summed E-state index contributed by atoms with van der Waals surface area (Å²) >= 11 is 5.14. The van der Waals surface area contributed by atoms with E-state index in [1.807, 2.05) is 24.4 Å². The summed E-state index contributed by atoms with van der Waals surface area (Å²) in [4.78, 5) is 15.2. The topological polar surface area (TPSA) is 93.1 Å². The molecule has 0 bridgehead atoms. The molecule has 0 amide bonds. The first-order valence-electron chi connectivity index (χ1n) is 8.15. The number of ether oxygens (including phenoxy) is 2. The summed E-state index contributed by atoms with van der Waals surface area (Å²) in [7, 11) is 3.17. The maximum Gasteiger partial charge on any atom is 0.265 e. The van der Waals surface area contributed by atoms with E-state index in [1.54, 1.807) is 14.2 Å². The number of nitrogens with zero attached hydrogens (tertiary/aromatic N) is 1. The summed E-state index contributed by atoms with van der Waals surface area (Å²) in [5.74, 6) is 1.17. The van der Waals surface area contributed by atoms with Crippen LogP contribution in [0.2, 0.25) is 0 Å². The highest BCUT2D eigenvalue weighted by Gasteiger charge is 2.32. The monoisotopic (exact) mass is 364 g/mol. The van der Waals surface area contributed by atoms with Crippen molar-refractivity contribution in [3.8, 4) is 17.4 Å². The number of quaternary nitrogens is 1. The molecule has 4 N–H and O–H groups in total. The lowest BCUT2D eigenvalue weighted by molar-refractivity contribution is -0.690. The molecular weight excluding hydrogens is 342 g/mol. The van der Waals surface area contributed by atoms with Crippen LogP contribution in [0.1, 0.15) is 29.7 Å². The predicted octanol–water partition coefficient (Wildman–Crippen LogP) is 0.857. The minimum absolute atomic E-state index is 0.0832. The van der Waals surface area contributed by atoms with Gasteiger partial charge in [-0.3, -0.25) is 14.3 Å². The highest BCUT2D eigenvalue weighted by molar-refractivity contribution is 7.71. The van der Waals surface area contributed by atoms with Crippen molar-refractivity contribution < 1.29 is 19.9 Å². The molecular formula is C17H22N3O4S+. The Kier molecular flexibility index (Phi) is 4.82. The number of rotatable bonds is 4. The lowest BCUT2D eigenvalue weighted by Gasteiger charge is -2.26. The summed E-state index contributed by atoms with van der Waals surface area (Å²) in [5, 5.41) is 12.7. The molecule has 1 aromatic heterocycles. The molecule has 2 heterocycles. The Labute approximate surface area is 150 Å². The highest BCUT2D eigenvalue weighted by Crippen LogP contribution is 2.36. The van der Waals surface area contributed by atoms with E-state index < -0.39 is 0 Å². The van der Waals surface area contributed by atoms with E-state index in [1.165, 1.54) is 4.57 Å². The molecule has 1 aliphatic heterocycles. The molecule has 1 aromatic carbocycles. The van der Waals surface area contributed by atoms with Crippen molar-refractivity contribution in [2.75, 3.05) is 20.8 Å². The fourth-order valence-corrected chi connectivity index (χ4v) is 3.71. The lowest BCUT2D eigenvalue weighted by atomic mass is 9.90. The highest BCUT2D eigenvalue weighted by atomic mass is 32.1. The Morgan fingerprint density at radius 2 is 2.04 bits per heavy atom. The van der Waals surface area contributed by atoms with Gasteiger partial charge in [0.05, 0.1) is 20.8 Å². The Balaban J connectivity index is 2.23. The SMILES string of the molecule is CCn1c(O)c([C@H]2[NH2+]CCc3cc(OC)c(OC)cc32)c(=O)[nH]c1=S. The quantitative estimate of drug-likeness (QED) is 0.700. The Morgan fingerprint density at radius 1 is 1.36 bits per heavy atom. The third-order valence-corrected chi connectivity index (χ3v) is 4.95. The first-order valence-corrected chi connectivity index (χ1v) is 8.56. The second-order valence-corrected chi connectivity index (χ2v) is 6.29. The molecule has 3 rings (SSSR count). The van der Waals surface area contributed by atoms with Gasteiger partial charge >= 0.3 is 0 Å². The molecule has 1 atom stereocenters. The first kappa shape index (κ1) is 17.5. The van der Waals surface area contributed by atoms with Gasteiger partial charge < -0.3 is 19.9 Å². The normalized spacial score (nSPS) is 16.4. The van der Waals surface area contributed by atoms with Crippen LogP contribution in [0.3, 0.4) is 0 Å². The van der Waals surface area contributed by atoms with Crippen LogP contribution in [0.15, 0.2) is 16.9 Å². The van der Waals surface area contributed by atoms with Gasteiger partial charge in [0.25, 0.3) is 5.56 Å². The van der Waals surface area contributed by atoms with Gasteiger partial charge in [0, 0.05) is 18.5 Å². The van der Waals surface area contributed by atoms with E-state index in [0.29, 0.717) is 23.6 Å². The smallest absolute Gasteiger partial charge is 0.265 e. The second kappa shape index (κ2) is 6.89. The van der Waals surface area contributed by atoms with Crippen molar-refractivity contribution in [3.05, 3.63) is 43.9 Å². The fourth-order valence-electron chi connectivity index (χ4n) is 3.40. The van der Waals surface area contributed by atoms with E-state index in [-0.39, 0.29) is 22.3 Å². The summed E-state index contributed by atoms with van der Waals surface area (Å²) in [6.45, 7) is 3.14. The largest absolute Gasteiger partial charge is 0.494 e. The molecule has 0 aliphatic carbocycles. The number of H-pyrrole nitrogens is 1. The first-order chi connectivity index (χ1) is 12.0. The molecule has 8 heteroatoms. The van der Waals surface area contributed by atoms with Crippen LogP contribution in [-0.4, -0.2) is 35.4 Å². The fraction of sp³-hybridized carbons (Fsp3) is 0.412. The molecule has 0 spiro atoms. The number of hydrogen-bond acceptors (Lipinski definition) is 5. The van der Waals surface area contributed by atoms with Gasteiger partial charge in [-0.25, -0.2) is 0 Å². The maximum absolute atomic E-state index is 12.5. The van der Waals surface area contributed by atoms with Crippen LogP contribution >= 0.6 is 12.2 Å². The van der Waals surface area contributed by atoms with Crippen molar-refractivity contribution in [2.45, 2.75) is 25.9 Å². The van der Waals surface area contributed by atoms with E-state index >= 15 is 0 Å². The molecule has 134 valence electrons. The van der Waals surface area contributed by atoms with Crippen molar-refractivity contribution in [3.63, 3.8) is 0 Å². The average molecular weight is 364 g/mol. The minimum atomic E-state index is -0.365. The zero-order valence-corrected chi connectivity index (χ0v) is 15.3. The number of benzene rings is 1. The van der Waals surface area contributed by atoms with Gasteiger partial charge in [0.1, 0.15) is 11.6 Å². The van der Waals surface area contributed by atoms with Crippen LogP contribution in [0, 0.1) is 4.77 Å². The molecule has 7 nitrogen and oxygen atoms in total. The molecule has 0 saturated heterocycles. The van der Waals surface area contributed by atoms with Crippen molar-refractivity contribution in [1.82, 2.24) is 9.55 Å². The minimum Gasteiger partial charge on any atom is -0.494 e. The molecule has 25 heavy (non-hydrogen) atoms. The number of nitrogens with two attached hydrogens (primary N) is 1. The van der Waals surface area contributed by atoms with Crippen LogP contribution < -0.4 is 20.3 Å². The van der Waals surface area contributed by atoms with E-state index in [9.17, 15) is 9.90 Å². The zero-order valence-electron chi connectivity index (χ0n) is 14.5. The third-order valence-electron chi connectivity index (χ3n) is 4.63. The Hall–Kier alpha value is -2.32. The number of nitrogens with one attached hydrogen (secondary N) is 1. The molecule has 0 saturated carbocycles. The number of methoxy groups -OCH3 is 2. The van der Waals surface area contributed by atoms with Crippen molar-refractivity contribution in [2.24, 2.45) is 0 Å². The average Bonchev–Trinajstić information content (AvgIpc) is 2.60. The van der Waals surface area contributed by atoms with Gasteiger partial charge in [-0.05, 0) is 36.8 Å². The summed E-state index contributed by atoms with van der Waals surface area (Å²) in [6, 6.07) is 3.49. The van der Waals surface area contributed by atoms with Crippen molar-refractivity contribution in [1.29, 1.82) is 0 Å². The molecule has 2 aromatic rings. The van der Waals surface area contributed by atoms with E-state index in [0.717, 1.165) is 24.1 Å². The van der Waals surface area contributed by atoms with Crippen LogP contribution in [0.5, 0.6) is 17.4 Å². The van der Waals surface area contributed by atoms with Gasteiger partial charge in [0.2, 0.25) is 5.88 Å². The predicted molar refractivity (Wildman–Crippen MR) is 95.1 cm³/mol. The summed E-state index contributed by atoms with van der Waals surface area (Å²) in [6.07, 6.45) is 0.845. The Bertz CT molecular complexity index is 919. The van der Waals surface area contributed by atoms with Crippen LogP contribution in [0.25, 0.3) is 0 Å². The van der Waals surface area contributed by atoms with Crippen molar-refractivity contribution >= 4 is 12.2 Å². The van der Waals surface area contributed by atoms with Gasteiger partial charge in [0.15, 0.2) is 16.3 Å². The summed E-state index contributed by atoms with van der Waals surface area (Å²) in [5.41, 5.74) is 1.96. The van der Waals surface area contributed by atoms with Gasteiger partial charge in [-0.15, -0.1) is 0 Å². The lowest BCUT2D eigenvalue weighted by Crippen LogP contribution is -2.87. The number of hydrogen-bond donors (Lipinski definition) is 3. The molecule has 0 radical (unpaired) electrons. The number of aromatic hydroxyl groups is 1. The Morgan fingerprint density at radius 3 is 2.68 bits per heavy atom. The molecule has 0 unspecified atom stereocenters. The second-order valence-electron chi connectivity index (χ2n) is 5.90. The number of aromatic nitrogens is 2. The zero-order chi connectivity index (χ0) is 18.1. The number of fused-ring (bicyclic) bond motifs is 1. The maximum atomic E-state index is 12.5. The standard InChI is InChI=1S/C17H21N3O4S/c1-4-20-16(22)13(15(21)19-17(20)25)14-10-8-12(24-3)11(23-2)7-9(10)5-6-18-14/h7-8,14,18,22H,4-6H2,1-3H3,(H,19,21,25)/p+1/t14-/m0/s1. The molecule has 1 aliphatic rings. The van der Waals surface area contributed by atoms with Gasteiger partial charge in [-0.2, -0.15) is 0 Å². The van der Waals surface area contributed by atoms with Crippen LogP contribution in [-0.2, 0) is 13.0 Å².